The Morgan fingerprint density at radius 3 is 2.75 bits per heavy atom. The van der Waals surface area contributed by atoms with Gasteiger partial charge in [-0.05, 0) is 24.8 Å². The van der Waals surface area contributed by atoms with Gasteiger partial charge in [-0.25, -0.2) is 0 Å². The molecular formula is C11H16O. The summed E-state index contributed by atoms with van der Waals surface area (Å²) in [6, 6.07) is 0. The van der Waals surface area contributed by atoms with Crippen molar-refractivity contribution in [2.24, 2.45) is 11.8 Å². The average molecular weight is 164 g/mol. The maximum Gasteiger partial charge on any atom is 0.159 e. The van der Waals surface area contributed by atoms with E-state index in [1.165, 1.54) is 0 Å². The van der Waals surface area contributed by atoms with Crippen molar-refractivity contribution >= 4 is 5.78 Å². The highest BCUT2D eigenvalue weighted by Crippen LogP contribution is 2.24. The Labute approximate surface area is 74.2 Å². The fraction of sp³-hybridized carbons (Fsp3) is 0.545. The van der Waals surface area contributed by atoms with Gasteiger partial charge in [0.2, 0.25) is 0 Å². The monoisotopic (exact) mass is 164 g/mol. The molecule has 0 amide bonds. The van der Waals surface area contributed by atoms with E-state index in [-0.39, 0.29) is 5.92 Å². The van der Waals surface area contributed by atoms with Gasteiger partial charge in [-0.3, -0.25) is 4.79 Å². The lowest BCUT2D eigenvalue weighted by Crippen LogP contribution is -2.12. The van der Waals surface area contributed by atoms with Gasteiger partial charge in [0.1, 0.15) is 0 Å². The highest BCUT2D eigenvalue weighted by Gasteiger charge is 2.24. The molecule has 0 saturated heterocycles. The molecule has 0 N–H and O–H groups in total. The molecule has 12 heavy (non-hydrogen) atoms. The smallest absolute Gasteiger partial charge is 0.159 e. The second kappa shape index (κ2) is 4.24. The van der Waals surface area contributed by atoms with E-state index >= 15 is 0 Å². The van der Waals surface area contributed by atoms with Crippen LogP contribution < -0.4 is 0 Å². The van der Waals surface area contributed by atoms with Gasteiger partial charge in [0.05, 0.1) is 0 Å². The van der Waals surface area contributed by atoms with Gasteiger partial charge >= 0.3 is 0 Å². The fourth-order valence-corrected chi connectivity index (χ4v) is 1.50. The molecule has 0 spiro atoms. The standard InChI is InChI=1S/C11H16O/c1-3-4-5-6-10-9(2)7-8-11(10)12/h4-5,7-10H,3,6H2,1-2H3/b5-4-/t9-,10+/m1/s1. The van der Waals surface area contributed by atoms with E-state index in [2.05, 4.69) is 26.0 Å². The van der Waals surface area contributed by atoms with Crippen molar-refractivity contribution in [2.75, 3.05) is 0 Å². The summed E-state index contributed by atoms with van der Waals surface area (Å²) < 4.78 is 0. The molecule has 0 heterocycles. The van der Waals surface area contributed by atoms with Gasteiger partial charge < -0.3 is 0 Å². The lowest BCUT2D eigenvalue weighted by atomic mass is 9.93. The molecule has 0 radical (unpaired) electrons. The summed E-state index contributed by atoms with van der Waals surface area (Å²) >= 11 is 0. The molecule has 1 rings (SSSR count). The predicted octanol–water partition coefficient (Wildman–Crippen LogP) is 2.73. The molecule has 0 aliphatic heterocycles. The third-order valence-corrected chi connectivity index (χ3v) is 2.36. The fourth-order valence-electron chi connectivity index (χ4n) is 1.50. The van der Waals surface area contributed by atoms with E-state index in [0.29, 0.717) is 11.7 Å². The summed E-state index contributed by atoms with van der Waals surface area (Å²) in [6.45, 7) is 4.21. The highest BCUT2D eigenvalue weighted by molar-refractivity contribution is 5.94. The molecule has 0 fully saturated rings. The number of hydrogen-bond acceptors (Lipinski definition) is 1. The largest absolute Gasteiger partial charge is 0.295 e. The Hall–Kier alpha value is -0.850. The number of ketones is 1. The van der Waals surface area contributed by atoms with Crippen LogP contribution in [0.1, 0.15) is 26.7 Å². The molecule has 0 bridgehead atoms. The third kappa shape index (κ3) is 2.07. The van der Waals surface area contributed by atoms with Gasteiger partial charge in [-0.1, -0.05) is 32.1 Å². The second-order valence-corrected chi connectivity index (χ2v) is 3.34. The van der Waals surface area contributed by atoms with E-state index in [0.717, 1.165) is 12.8 Å². The van der Waals surface area contributed by atoms with Crippen LogP contribution in [-0.4, -0.2) is 5.78 Å². The van der Waals surface area contributed by atoms with Crippen LogP contribution in [0.4, 0.5) is 0 Å². The van der Waals surface area contributed by atoms with Crippen molar-refractivity contribution < 1.29 is 4.79 Å². The highest BCUT2D eigenvalue weighted by atomic mass is 16.1. The summed E-state index contributed by atoms with van der Waals surface area (Å²) in [5, 5.41) is 0. The maximum atomic E-state index is 11.3. The summed E-state index contributed by atoms with van der Waals surface area (Å²) in [4.78, 5) is 11.3. The zero-order valence-corrected chi connectivity index (χ0v) is 7.79. The Balaban J connectivity index is 2.42. The molecule has 0 unspecified atom stereocenters. The van der Waals surface area contributed by atoms with Crippen LogP contribution in [0, 0.1) is 11.8 Å². The average Bonchev–Trinajstić information content (AvgIpc) is 2.35. The van der Waals surface area contributed by atoms with E-state index in [1.807, 2.05) is 6.08 Å². The van der Waals surface area contributed by atoms with E-state index < -0.39 is 0 Å². The zero-order valence-electron chi connectivity index (χ0n) is 7.79. The molecule has 1 nitrogen and oxygen atoms in total. The Morgan fingerprint density at radius 2 is 2.25 bits per heavy atom. The van der Waals surface area contributed by atoms with Gasteiger partial charge in [0, 0.05) is 5.92 Å². The third-order valence-electron chi connectivity index (χ3n) is 2.36. The van der Waals surface area contributed by atoms with E-state index in [9.17, 15) is 4.79 Å². The number of carbonyl (C=O) groups excluding carboxylic acids is 1. The van der Waals surface area contributed by atoms with Crippen molar-refractivity contribution in [3.8, 4) is 0 Å². The van der Waals surface area contributed by atoms with Crippen LogP contribution in [0.3, 0.4) is 0 Å². The molecule has 0 aromatic heterocycles. The second-order valence-electron chi connectivity index (χ2n) is 3.34. The zero-order chi connectivity index (χ0) is 8.97. The minimum atomic E-state index is 0.216. The minimum Gasteiger partial charge on any atom is -0.295 e. The molecule has 0 saturated carbocycles. The van der Waals surface area contributed by atoms with Gasteiger partial charge in [0.25, 0.3) is 0 Å². The lowest BCUT2D eigenvalue weighted by Gasteiger charge is -2.10. The van der Waals surface area contributed by atoms with Crippen molar-refractivity contribution in [1.82, 2.24) is 0 Å². The van der Waals surface area contributed by atoms with Crippen LogP contribution in [0.15, 0.2) is 24.3 Å². The van der Waals surface area contributed by atoms with Crippen LogP contribution in [-0.2, 0) is 4.79 Å². The number of rotatable bonds is 3. The topological polar surface area (TPSA) is 17.1 Å². The summed E-state index contributed by atoms with van der Waals surface area (Å²) in [6.07, 6.45) is 9.93. The Bertz CT molecular complexity index is 213. The molecule has 1 aliphatic carbocycles. The molecule has 1 aliphatic rings. The van der Waals surface area contributed by atoms with Crippen molar-refractivity contribution in [2.45, 2.75) is 26.7 Å². The minimum absolute atomic E-state index is 0.216. The van der Waals surface area contributed by atoms with Gasteiger partial charge in [-0.2, -0.15) is 0 Å². The Kier molecular flexibility index (Phi) is 3.27. The maximum absolute atomic E-state index is 11.3. The SMILES string of the molecule is CC/C=C\C[C@@H]1C(=O)C=C[C@H]1C. The van der Waals surface area contributed by atoms with Gasteiger partial charge in [0.15, 0.2) is 5.78 Å². The first-order valence-corrected chi connectivity index (χ1v) is 4.62. The quantitative estimate of drug-likeness (QED) is 0.586. The molecule has 0 aromatic carbocycles. The number of carbonyl (C=O) groups is 1. The number of hydrogen-bond donors (Lipinski definition) is 0. The summed E-state index contributed by atoms with van der Waals surface area (Å²) in [7, 11) is 0. The first kappa shape index (κ1) is 9.24. The molecule has 2 atom stereocenters. The van der Waals surface area contributed by atoms with E-state index in [1.54, 1.807) is 6.08 Å². The molecule has 66 valence electrons. The lowest BCUT2D eigenvalue weighted by molar-refractivity contribution is -0.118. The number of allylic oxidation sites excluding steroid dienone is 4. The summed E-state index contributed by atoms with van der Waals surface area (Å²) in [5.41, 5.74) is 0. The van der Waals surface area contributed by atoms with Crippen molar-refractivity contribution in [3.05, 3.63) is 24.3 Å². The normalized spacial score (nSPS) is 29.0. The van der Waals surface area contributed by atoms with Gasteiger partial charge in [-0.15, -0.1) is 0 Å². The van der Waals surface area contributed by atoms with E-state index in [4.69, 9.17) is 0 Å². The molecule has 0 aromatic rings. The predicted molar refractivity (Wildman–Crippen MR) is 50.8 cm³/mol. The summed E-state index contributed by atoms with van der Waals surface area (Å²) in [5.74, 6) is 0.940. The van der Waals surface area contributed by atoms with Crippen LogP contribution >= 0.6 is 0 Å². The van der Waals surface area contributed by atoms with Crippen molar-refractivity contribution in [3.63, 3.8) is 0 Å². The molecular weight excluding hydrogens is 148 g/mol. The van der Waals surface area contributed by atoms with Crippen LogP contribution in [0.25, 0.3) is 0 Å². The first-order valence-electron chi connectivity index (χ1n) is 4.62. The Morgan fingerprint density at radius 1 is 1.50 bits per heavy atom. The molecule has 1 heteroatoms. The first-order chi connectivity index (χ1) is 5.75. The van der Waals surface area contributed by atoms with Crippen LogP contribution in [0.5, 0.6) is 0 Å². The van der Waals surface area contributed by atoms with Crippen LogP contribution in [0.2, 0.25) is 0 Å². The van der Waals surface area contributed by atoms with Crippen molar-refractivity contribution in [1.29, 1.82) is 0 Å².